The maximum Gasteiger partial charge on any atom is 0.311 e. The fourth-order valence-electron chi connectivity index (χ4n) is 2.02. The first-order valence-electron chi connectivity index (χ1n) is 6.10. The number of rotatable bonds is 7. The van der Waals surface area contributed by atoms with Crippen LogP contribution in [0.2, 0.25) is 0 Å². The first-order chi connectivity index (χ1) is 7.25. The number of aliphatic hydroxyl groups excluding tert-OH is 1. The van der Waals surface area contributed by atoms with Crippen LogP contribution < -0.4 is 0 Å². The van der Waals surface area contributed by atoms with Gasteiger partial charge in [-0.2, -0.15) is 0 Å². The Labute approximate surface area is 91.8 Å². The second kappa shape index (κ2) is 6.83. The highest BCUT2D eigenvalue weighted by molar-refractivity contribution is 5.74. The Morgan fingerprint density at radius 1 is 1.40 bits per heavy atom. The standard InChI is InChI=1S/C12H22O3/c1-2-3-4-5-6-7-11(13)10-8-9-15-12(10)14/h10-11,13H,2-9H2,1H3/t10-,11-/m0/s1. The number of hydrogen-bond acceptors (Lipinski definition) is 3. The number of carbonyl (C=O) groups excluding carboxylic acids is 1. The van der Waals surface area contributed by atoms with Gasteiger partial charge in [0.25, 0.3) is 0 Å². The fourth-order valence-corrected chi connectivity index (χ4v) is 2.02. The third kappa shape index (κ3) is 4.20. The average Bonchev–Trinajstić information content (AvgIpc) is 2.64. The predicted octanol–water partition coefficient (Wildman–Crippen LogP) is 2.27. The lowest BCUT2D eigenvalue weighted by Gasteiger charge is -2.13. The van der Waals surface area contributed by atoms with Gasteiger partial charge in [0.15, 0.2) is 0 Å². The van der Waals surface area contributed by atoms with Gasteiger partial charge < -0.3 is 9.84 Å². The quantitative estimate of drug-likeness (QED) is 0.522. The predicted molar refractivity (Wildman–Crippen MR) is 58.4 cm³/mol. The van der Waals surface area contributed by atoms with Crippen molar-refractivity contribution in [1.82, 2.24) is 0 Å². The summed E-state index contributed by atoms with van der Waals surface area (Å²) >= 11 is 0. The molecule has 0 aromatic rings. The van der Waals surface area contributed by atoms with E-state index in [0.717, 1.165) is 19.3 Å². The zero-order chi connectivity index (χ0) is 11.1. The third-order valence-corrected chi connectivity index (χ3v) is 3.04. The van der Waals surface area contributed by atoms with Crippen molar-refractivity contribution in [2.75, 3.05) is 6.61 Å². The lowest BCUT2D eigenvalue weighted by atomic mass is 9.96. The van der Waals surface area contributed by atoms with Crippen LogP contribution in [-0.4, -0.2) is 23.8 Å². The second-order valence-corrected chi connectivity index (χ2v) is 4.33. The Hall–Kier alpha value is -0.570. The van der Waals surface area contributed by atoms with E-state index in [0.29, 0.717) is 13.0 Å². The summed E-state index contributed by atoms with van der Waals surface area (Å²) < 4.78 is 4.83. The van der Waals surface area contributed by atoms with Gasteiger partial charge in [-0.3, -0.25) is 4.79 Å². The first kappa shape index (κ1) is 12.5. The van der Waals surface area contributed by atoms with Crippen molar-refractivity contribution in [3.63, 3.8) is 0 Å². The lowest BCUT2D eigenvalue weighted by molar-refractivity contribution is -0.144. The summed E-state index contributed by atoms with van der Waals surface area (Å²) in [6, 6.07) is 0. The molecular weight excluding hydrogens is 192 g/mol. The van der Waals surface area contributed by atoms with Gasteiger partial charge in [-0.15, -0.1) is 0 Å². The summed E-state index contributed by atoms with van der Waals surface area (Å²) in [4.78, 5) is 11.2. The van der Waals surface area contributed by atoms with E-state index in [1.165, 1.54) is 19.3 Å². The van der Waals surface area contributed by atoms with Crippen LogP contribution in [-0.2, 0) is 9.53 Å². The molecule has 0 aliphatic carbocycles. The largest absolute Gasteiger partial charge is 0.465 e. The van der Waals surface area contributed by atoms with Crippen molar-refractivity contribution in [3.8, 4) is 0 Å². The van der Waals surface area contributed by atoms with E-state index in [2.05, 4.69) is 6.92 Å². The molecule has 0 radical (unpaired) electrons. The van der Waals surface area contributed by atoms with Gasteiger partial charge in [-0.25, -0.2) is 0 Å². The van der Waals surface area contributed by atoms with Crippen LogP contribution in [0.15, 0.2) is 0 Å². The monoisotopic (exact) mass is 214 g/mol. The molecule has 1 aliphatic heterocycles. The number of aliphatic hydroxyl groups is 1. The van der Waals surface area contributed by atoms with Crippen LogP contribution in [0.4, 0.5) is 0 Å². The highest BCUT2D eigenvalue weighted by Gasteiger charge is 2.32. The van der Waals surface area contributed by atoms with E-state index in [1.54, 1.807) is 0 Å². The van der Waals surface area contributed by atoms with Gasteiger partial charge in [0, 0.05) is 0 Å². The smallest absolute Gasteiger partial charge is 0.311 e. The molecule has 0 aromatic heterocycles. The molecule has 3 heteroatoms. The molecule has 0 bridgehead atoms. The molecule has 15 heavy (non-hydrogen) atoms. The minimum Gasteiger partial charge on any atom is -0.465 e. The van der Waals surface area contributed by atoms with Crippen LogP contribution in [0, 0.1) is 5.92 Å². The SMILES string of the molecule is CCCCCCC[C@H](O)[C@@H]1CCOC1=O. The van der Waals surface area contributed by atoms with Gasteiger partial charge in [0.05, 0.1) is 18.6 Å². The molecule has 1 rings (SSSR count). The third-order valence-electron chi connectivity index (χ3n) is 3.04. The van der Waals surface area contributed by atoms with E-state index in [1.807, 2.05) is 0 Å². The fraction of sp³-hybridized carbons (Fsp3) is 0.917. The Morgan fingerprint density at radius 2 is 2.13 bits per heavy atom. The molecule has 0 aromatic carbocycles. The molecule has 1 aliphatic rings. The van der Waals surface area contributed by atoms with Gasteiger partial charge in [-0.05, 0) is 12.8 Å². The minimum absolute atomic E-state index is 0.212. The van der Waals surface area contributed by atoms with Gasteiger partial charge in [0.1, 0.15) is 0 Å². The van der Waals surface area contributed by atoms with Crippen LogP contribution in [0.25, 0.3) is 0 Å². The molecule has 0 unspecified atom stereocenters. The average molecular weight is 214 g/mol. The molecule has 1 heterocycles. The van der Waals surface area contributed by atoms with Crippen molar-refractivity contribution < 1.29 is 14.6 Å². The topological polar surface area (TPSA) is 46.5 Å². The van der Waals surface area contributed by atoms with E-state index in [-0.39, 0.29) is 11.9 Å². The Bertz CT molecular complexity index is 191. The second-order valence-electron chi connectivity index (χ2n) is 4.33. The number of esters is 1. The number of ether oxygens (including phenoxy) is 1. The maximum absolute atomic E-state index is 11.2. The first-order valence-corrected chi connectivity index (χ1v) is 6.10. The van der Waals surface area contributed by atoms with Crippen LogP contribution in [0.1, 0.15) is 51.9 Å². The van der Waals surface area contributed by atoms with Crippen LogP contribution in [0.3, 0.4) is 0 Å². The van der Waals surface area contributed by atoms with Crippen molar-refractivity contribution in [2.45, 2.75) is 58.0 Å². The summed E-state index contributed by atoms with van der Waals surface area (Å²) in [6.07, 6.45) is 6.86. The summed E-state index contributed by atoms with van der Waals surface area (Å²) in [7, 11) is 0. The number of cyclic esters (lactones) is 1. The molecule has 1 N–H and O–H groups in total. The number of carbonyl (C=O) groups is 1. The number of hydrogen-bond donors (Lipinski definition) is 1. The highest BCUT2D eigenvalue weighted by atomic mass is 16.5. The van der Waals surface area contributed by atoms with E-state index >= 15 is 0 Å². The summed E-state index contributed by atoms with van der Waals surface area (Å²) in [5.41, 5.74) is 0. The summed E-state index contributed by atoms with van der Waals surface area (Å²) in [5, 5.41) is 9.78. The Balaban J connectivity index is 2.07. The van der Waals surface area contributed by atoms with Crippen LogP contribution >= 0.6 is 0 Å². The van der Waals surface area contributed by atoms with Gasteiger partial charge >= 0.3 is 5.97 Å². The lowest BCUT2D eigenvalue weighted by Crippen LogP contribution is -2.24. The van der Waals surface area contributed by atoms with E-state index in [9.17, 15) is 9.90 Å². The molecule has 88 valence electrons. The van der Waals surface area contributed by atoms with Crippen molar-refractivity contribution in [2.24, 2.45) is 5.92 Å². The van der Waals surface area contributed by atoms with Gasteiger partial charge in [0.2, 0.25) is 0 Å². The molecule has 3 nitrogen and oxygen atoms in total. The van der Waals surface area contributed by atoms with E-state index < -0.39 is 6.10 Å². The van der Waals surface area contributed by atoms with E-state index in [4.69, 9.17) is 4.74 Å². The molecule has 0 saturated carbocycles. The minimum atomic E-state index is -0.485. The highest BCUT2D eigenvalue weighted by Crippen LogP contribution is 2.22. The van der Waals surface area contributed by atoms with Gasteiger partial charge in [-0.1, -0.05) is 39.0 Å². The molecule has 2 atom stereocenters. The Kier molecular flexibility index (Phi) is 5.69. The van der Waals surface area contributed by atoms with Crippen molar-refractivity contribution >= 4 is 5.97 Å². The zero-order valence-electron chi connectivity index (χ0n) is 9.58. The summed E-state index contributed by atoms with van der Waals surface area (Å²) in [6.45, 7) is 2.67. The molecule has 1 fully saturated rings. The normalized spacial score (nSPS) is 22.8. The van der Waals surface area contributed by atoms with Crippen molar-refractivity contribution in [3.05, 3.63) is 0 Å². The van der Waals surface area contributed by atoms with Crippen molar-refractivity contribution in [1.29, 1.82) is 0 Å². The molecule has 0 amide bonds. The maximum atomic E-state index is 11.2. The summed E-state index contributed by atoms with van der Waals surface area (Å²) in [5.74, 6) is -0.466. The molecular formula is C12H22O3. The van der Waals surface area contributed by atoms with Crippen LogP contribution in [0.5, 0.6) is 0 Å². The Morgan fingerprint density at radius 3 is 2.73 bits per heavy atom. The molecule has 0 spiro atoms. The zero-order valence-corrected chi connectivity index (χ0v) is 9.58. The molecule has 1 saturated heterocycles. The number of unbranched alkanes of at least 4 members (excludes halogenated alkanes) is 4.